The summed E-state index contributed by atoms with van der Waals surface area (Å²) in [5.74, 6) is 0.373. The number of carbonyl (C=O) groups is 2. The van der Waals surface area contributed by atoms with Crippen LogP contribution in [0.25, 0.3) is 5.78 Å². The molecular formula is C15H22N6O2. The number of nitrogens with zero attached hydrogens (tertiary/aromatic N) is 4. The Kier molecular flexibility index (Phi) is 5.25. The lowest BCUT2D eigenvalue weighted by atomic mass is 10.1. The molecule has 124 valence electrons. The van der Waals surface area contributed by atoms with E-state index in [-0.39, 0.29) is 24.2 Å². The number of nitrogens with one attached hydrogen (secondary N) is 2. The van der Waals surface area contributed by atoms with Gasteiger partial charge in [-0.15, -0.1) is 0 Å². The SMILES string of the molecule is Cc1nc2ncnn2c(C)c1CCC(=O)NNC(=O)CC(C)C. The number of aromatic nitrogens is 4. The Morgan fingerprint density at radius 1 is 1.22 bits per heavy atom. The van der Waals surface area contributed by atoms with E-state index in [1.54, 1.807) is 4.52 Å². The summed E-state index contributed by atoms with van der Waals surface area (Å²) in [5, 5.41) is 4.12. The molecule has 2 amide bonds. The summed E-state index contributed by atoms with van der Waals surface area (Å²) >= 11 is 0. The normalized spacial score (nSPS) is 11.0. The van der Waals surface area contributed by atoms with Crippen LogP contribution in [-0.4, -0.2) is 31.4 Å². The molecule has 0 saturated carbocycles. The van der Waals surface area contributed by atoms with Gasteiger partial charge in [-0.3, -0.25) is 20.4 Å². The van der Waals surface area contributed by atoms with Crippen molar-refractivity contribution in [3.63, 3.8) is 0 Å². The van der Waals surface area contributed by atoms with Gasteiger partial charge in [0, 0.05) is 24.2 Å². The van der Waals surface area contributed by atoms with Crippen LogP contribution in [0.15, 0.2) is 6.33 Å². The highest BCUT2D eigenvalue weighted by molar-refractivity contribution is 5.82. The zero-order valence-corrected chi connectivity index (χ0v) is 13.9. The van der Waals surface area contributed by atoms with Crippen LogP contribution in [0.4, 0.5) is 0 Å². The van der Waals surface area contributed by atoms with Crippen molar-refractivity contribution in [2.24, 2.45) is 5.92 Å². The molecule has 0 aromatic carbocycles. The van der Waals surface area contributed by atoms with Crippen molar-refractivity contribution >= 4 is 17.6 Å². The monoisotopic (exact) mass is 318 g/mol. The summed E-state index contributed by atoms with van der Waals surface area (Å²) in [7, 11) is 0. The van der Waals surface area contributed by atoms with Gasteiger partial charge in [-0.25, -0.2) is 9.50 Å². The summed E-state index contributed by atoms with van der Waals surface area (Å²) in [5.41, 5.74) is 7.57. The topological polar surface area (TPSA) is 101 Å². The first-order chi connectivity index (χ1) is 10.9. The third-order valence-corrected chi connectivity index (χ3v) is 3.53. The Hall–Kier alpha value is -2.51. The first-order valence-electron chi connectivity index (χ1n) is 7.62. The van der Waals surface area contributed by atoms with E-state index in [9.17, 15) is 9.59 Å². The molecule has 0 spiro atoms. The molecule has 2 N–H and O–H groups in total. The number of carbonyl (C=O) groups excluding carboxylic acids is 2. The maximum absolute atomic E-state index is 11.9. The van der Waals surface area contributed by atoms with Crippen molar-refractivity contribution in [1.82, 2.24) is 30.4 Å². The molecule has 2 aromatic rings. The lowest BCUT2D eigenvalue weighted by Gasteiger charge is -2.11. The van der Waals surface area contributed by atoms with Gasteiger partial charge in [0.1, 0.15) is 6.33 Å². The highest BCUT2D eigenvalue weighted by atomic mass is 16.2. The van der Waals surface area contributed by atoms with Crippen LogP contribution in [0, 0.1) is 19.8 Å². The Balaban J connectivity index is 1.93. The minimum atomic E-state index is -0.236. The molecule has 0 radical (unpaired) electrons. The maximum Gasteiger partial charge on any atom is 0.252 e. The summed E-state index contributed by atoms with van der Waals surface area (Å²) in [4.78, 5) is 31.8. The van der Waals surface area contributed by atoms with E-state index in [2.05, 4.69) is 25.9 Å². The van der Waals surface area contributed by atoms with Gasteiger partial charge in [-0.1, -0.05) is 13.8 Å². The fourth-order valence-electron chi connectivity index (χ4n) is 2.38. The molecule has 0 saturated heterocycles. The van der Waals surface area contributed by atoms with Crippen LogP contribution in [0.1, 0.15) is 43.6 Å². The van der Waals surface area contributed by atoms with E-state index in [0.717, 1.165) is 17.0 Å². The molecule has 2 heterocycles. The predicted molar refractivity (Wildman–Crippen MR) is 84.3 cm³/mol. The lowest BCUT2D eigenvalue weighted by Crippen LogP contribution is -2.42. The van der Waals surface area contributed by atoms with Crippen molar-refractivity contribution in [2.75, 3.05) is 0 Å². The number of hydrazine groups is 1. The molecule has 8 nitrogen and oxygen atoms in total. The Morgan fingerprint density at radius 3 is 2.61 bits per heavy atom. The van der Waals surface area contributed by atoms with Gasteiger partial charge in [-0.05, 0) is 31.7 Å². The van der Waals surface area contributed by atoms with Gasteiger partial charge in [-0.2, -0.15) is 10.1 Å². The Bertz CT molecular complexity index is 722. The molecule has 0 unspecified atom stereocenters. The van der Waals surface area contributed by atoms with E-state index in [4.69, 9.17) is 0 Å². The largest absolute Gasteiger partial charge is 0.273 e. The Morgan fingerprint density at radius 2 is 1.91 bits per heavy atom. The van der Waals surface area contributed by atoms with Crippen molar-refractivity contribution in [3.05, 3.63) is 23.3 Å². The number of rotatable bonds is 5. The molecule has 8 heteroatoms. The lowest BCUT2D eigenvalue weighted by molar-refractivity contribution is -0.129. The number of aryl methyl sites for hydroxylation is 2. The molecule has 2 aromatic heterocycles. The molecule has 0 aliphatic rings. The fraction of sp³-hybridized carbons (Fsp3) is 0.533. The van der Waals surface area contributed by atoms with Gasteiger partial charge < -0.3 is 0 Å². The second-order valence-electron chi connectivity index (χ2n) is 5.93. The average molecular weight is 318 g/mol. The molecular weight excluding hydrogens is 296 g/mol. The standard InChI is InChI=1S/C15H22N6O2/c1-9(2)7-14(23)20-19-13(22)6-5-12-10(3)18-15-16-8-17-21(15)11(12)4/h8-9H,5-7H2,1-4H3,(H,19,22)(H,20,23). The zero-order valence-electron chi connectivity index (χ0n) is 13.9. The molecule has 0 aliphatic heterocycles. The predicted octanol–water partition coefficient (Wildman–Crippen LogP) is 0.867. The van der Waals surface area contributed by atoms with Crippen LogP contribution in [0.2, 0.25) is 0 Å². The molecule has 23 heavy (non-hydrogen) atoms. The summed E-state index contributed by atoms with van der Waals surface area (Å²) in [6.07, 6.45) is 2.61. The fourth-order valence-corrected chi connectivity index (χ4v) is 2.38. The smallest absolute Gasteiger partial charge is 0.252 e. The zero-order chi connectivity index (χ0) is 17.0. The first-order valence-corrected chi connectivity index (χ1v) is 7.62. The third kappa shape index (κ3) is 4.24. The number of hydrogen-bond donors (Lipinski definition) is 2. The van der Waals surface area contributed by atoms with Gasteiger partial charge in [0.05, 0.1) is 0 Å². The van der Waals surface area contributed by atoms with Crippen molar-refractivity contribution in [1.29, 1.82) is 0 Å². The number of hydrogen-bond acceptors (Lipinski definition) is 5. The molecule has 0 bridgehead atoms. The van der Waals surface area contributed by atoms with E-state index >= 15 is 0 Å². The van der Waals surface area contributed by atoms with Gasteiger partial charge in [0.25, 0.3) is 5.78 Å². The van der Waals surface area contributed by atoms with E-state index in [0.29, 0.717) is 18.6 Å². The summed E-state index contributed by atoms with van der Waals surface area (Å²) in [6.45, 7) is 7.70. The second-order valence-corrected chi connectivity index (χ2v) is 5.93. The van der Waals surface area contributed by atoms with Gasteiger partial charge in [0.2, 0.25) is 11.8 Å². The van der Waals surface area contributed by atoms with Crippen molar-refractivity contribution in [2.45, 2.75) is 47.0 Å². The van der Waals surface area contributed by atoms with Crippen LogP contribution >= 0.6 is 0 Å². The van der Waals surface area contributed by atoms with Crippen LogP contribution in [0.5, 0.6) is 0 Å². The molecule has 2 rings (SSSR count). The number of amides is 2. The summed E-state index contributed by atoms with van der Waals surface area (Å²) in [6, 6.07) is 0. The summed E-state index contributed by atoms with van der Waals surface area (Å²) < 4.78 is 1.66. The molecule has 0 aliphatic carbocycles. The highest BCUT2D eigenvalue weighted by Gasteiger charge is 2.13. The average Bonchev–Trinajstić information content (AvgIpc) is 2.92. The van der Waals surface area contributed by atoms with E-state index in [1.807, 2.05) is 27.7 Å². The van der Waals surface area contributed by atoms with Crippen molar-refractivity contribution < 1.29 is 9.59 Å². The van der Waals surface area contributed by atoms with Crippen LogP contribution in [0.3, 0.4) is 0 Å². The second kappa shape index (κ2) is 7.17. The van der Waals surface area contributed by atoms with Gasteiger partial charge >= 0.3 is 0 Å². The Labute approximate surface area is 134 Å². The van der Waals surface area contributed by atoms with E-state index < -0.39 is 0 Å². The molecule has 0 atom stereocenters. The first kappa shape index (κ1) is 16.9. The van der Waals surface area contributed by atoms with E-state index in [1.165, 1.54) is 6.33 Å². The van der Waals surface area contributed by atoms with Crippen LogP contribution < -0.4 is 10.9 Å². The highest BCUT2D eigenvalue weighted by Crippen LogP contribution is 2.14. The van der Waals surface area contributed by atoms with Crippen molar-refractivity contribution in [3.8, 4) is 0 Å². The quantitative estimate of drug-likeness (QED) is 0.797. The number of fused-ring (bicyclic) bond motifs is 1. The maximum atomic E-state index is 11.9. The third-order valence-electron chi connectivity index (χ3n) is 3.53. The van der Waals surface area contributed by atoms with Gasteiger partial charge in [0.15, 0.2) is 0 Å². The molecule has 0 fully saturated rings. The minimum absolute atomic E-state index is 0.189. The minimum Gasteiger partial charge on any atom is -0.273 e. The van der Waals surface area contributed by atoms with Crippen LogP contribution in [-0.2, 0) is 16.0 Å².